The zero-order chi connectivity index (χ0) is 18.3. The number of aromatic nitrogens is 1. The fraction of sp³-hybridized carbons (Fsp3) is 0.350. The maximum Gasteiger partial charge on any atom is 0.344 e. The Hall–Kier alpha value is -2.69. The molecule has 0 aliphatic rings. The van der Waals surface area contributed by atoms with E-state index in [1.807, 2.05) is 12.1 Å². The normalized spacial score (nSPS) is 11.0. The molecule has 0 saturated heterocycles. The zero-order valence-corrected chi connectivity index (χ0v) is 14.8. The maximum absolute atomic E-state index is 12.3. The highest BCUT2D eigenvalue weighted by Crippen LogP contribution is 2.16. The maximum atomic E-state index is 12.3. The molecule has 0 atom stereocenters. The van der Waals surface area contributed by atoms with Gasteiger partial charge in [0.25, 0.3) is 0 Å². The van der Waals surface area contributed by atoms with Gasteiger partial charge in [0, 0.05) is 24.4 Å². The molecule has 1 aromatic heterocycles. The molecular weight excluding hydrogens is 318 g/mol. The first-order valence-electron chi connectivity index (χ1n) is 8.20. The Kier molecular flexibility index (Phi) is 6.28. The molecule has 0 spiro atoms. The van der Waals surface area contributed by atoms with E-state index in [4.69, 9.17) is 9.47 Å². The lowest BCUT2D eigenvalue weighted by Crippen LogP contribution is -2.27. The van der Waals surface area contributed by atoms with E-state index in [0.29, 0.717) is 24.2 Å². The van der Waals surface area contributed by atoms with Crippen molar-refractivity contribution in [2.45, 2.75) is 39.2 Å². The molecule has 0 fully saturated rings. The van der Waals surface area contributed by atoms with Gasteiger partial charge in [0.05, 0.1) is 0 Å². The lowest BCUT2D eigenvalue weighted by Gasteiger charge is -2.19. The van der Waals surface area contributed by atoms with Gasteiger partial charge in [0.1, 0.15) is 11.4 Å². The molecule has 2 rings (SSSR count). The van der Waals surface area contributed by atoms with Crippen LogP contribution in [0.2, 0.25) is 0 Å². The molecule has 0 N–H and O–H groups in total. The fourth-order valence-electron chi connectivity index (χ4n) is 2.22. The van der Waals surface area contributed by atoms with Crippen LogP contribution in [0.1, 0.15) is 43.1 Å². The van der Waals surface area contributed by atoms with E-state index in [0.717, 1.165) is 5.56 Å². The van der Waals surface area contributed by atoms with Gasteiger partial charge in [-0.3, -0.25) is 9.78 Å². The van der Waals surface area contributed by atoms with Crippen LogP contribution in [0, 0.1) is 0 Å². The number of rotatable bonds is 7. The van der Waals surface area contributed by atoms with Crippen molar-refractivity contribution in [2.75, 3.05) is 6.61 Å². The van der Waals surface area contributed by atoms with E-state index in [1.54, 1.807) is 57.4 Å². The molecule has 0 saturated carbocycles. The molecule has 5 nitrogen and oxygen atoms in total. The molecule has 5 heteroatoms. The van der Waals surface area contributed by atoms with Gasteiger partial charge in [-0.25, -0.2) is 4.79 Å². The lowest BCUT2D eigenvalue weighted by molar-refractivity contribution is -0.157. The van der Waals surface area contributed by atoms with Crippen LogP contribution < -0.4 is 4.74 Å². The van der Waals surface area contributed by atoms with Crippen molar-refractivity contribution in [3.63, 3.8) is 0 Å². The number of carbonyl (C=O) groups is 2. The summed E-state index contributed by atoms with van der Waals surface area (Å²) in [5.74, 6) is 0.0467. The van der Waals surface area contributed by atoms with Crippen molar-refractivity contribution in [3.05, 3.63) is 59.9 Å². The predicted octanol–water partition coefficient (Wildman–Crippen LogP) is 3.62. The van der Waals surface area contributed by atoms with Gasteiger partial charge in [-0.05, 0) is 51.0 Å². The Labute approximate surface area is 148 Å². The van der Waals surface area contributed by atoms with Crippen molar-refractivity contribution in [3.8, 4) is 5.75 Å². The molecule has 0 bridgehead atoms. The molecule has 0 unspecified atom stereocenters. The monoisotopic (exact) mass is 341 g/mol. The predicted molar refractivity (Wildman–Crippen MR) is 94.7 cm³/mol. The molecule has 0 aliphatic carbocycles. The Morgan fingerprint density at radius 2 is 1.92 bits per heavy atom. The number of nitrogens with zero attached hydrogens (tertiary/aromatic N) is 1. The van der Waals surface area contributed by atoms with E-state index >= 15 is 0 Å². The van der Waals surface area contributed by atoms with Gasteiger partial charge in [-0.2, -0.15) is 0 Å². The molecule has 1 aromatic carbocycles. The van der Waals surface area contributed by atoms with Crippen molar-refractivity contribution in [1.29, 1.82) is 0 Å². The van der Waals surface area contributed by atoms with Crippen LogP contribution in [0.4, 0.5) is 0 Å². The van der Waals surface area contributed by atoms with E-state index in [9.17, 15) is 9.59 Å². The highest BCUT2D eigenvalue weighted by atomic mass is 16.6. The highest BCUT2D eigenvalue weighted by Gasteiger charge is 2.16. The van der Waals surface area contributed by atoms with Crippen LogP contribution >= 0.6 is 0 Å². The minimum absolute atomic E-state index is 0.0200. The van der Waals surface area contributed by atoms with Gasteiger partial charge in [-0.15, -0.1) is 0 Å². The second kappa shape index (κ2) is 8.42. The largest absolute Gasteiger partial charge is 0.482 e. The number of carbonyl (C=O) groups excluding carboxylic acids is 2. The van der Waals surface area contributed by atoms with Crippen LogP contribution in [-0.4, -0.2) is 28.9 Å². The average molecular weight is 341 g/mol. The first kappa shape index (κ1) is 18.6. The fourth-order valence-corrected chi connectivity index (χ4v) is 2.22. The van der Waals surface area contributed by atoms with E-state index in [2.05, 4.69) is 4.98 Å². The molecule has 0 amide bonds. The van der Waals surface area contributed by atoms with E-state index < -0.39 is 11.6 Å². The number of esters is 1. The van der Waals surface area contributed by atoms with E-state index in [-0.39, 0.29) is 12.4 Å². The summed E-state index contributed by atoms with van der Waals surface area (Å²) in [5.41, 5.74) is 1.03. The quantitative estimate of drug-likeness (QED) is 0.568. The Morgan fingerprint density at radius 3 is 2.60 bits per heavy atom. The molecule has 25 heavy (non-hydrogen) atoms. The number of ketones is 1. The van der Waals surface area contributed by atoms with Crippen molar-refractivity contribution >= 4 is 11.8 Å². The van der Waals surface area contributed by atoms with E-state index in [1.165, 1.54) is 0 Å². The average Bonchev–Trinajstić information content (AvgIpc) is 2.57. The number of ether oxygens (including phenoxy) is 2. The number of benzene rings is 1. The highest BCUT2D eigenvalue weighted by molar-refractivity contribution is 5.96. The van der Waals surface area contributed by atoms with Crippen molar-refractivity contribution in [2.24, 2.45) is 0 Å². The standard InChI is InChI=1S/C20H23NO4/c1-20(2,3)25-19(23)14-24-17-8-4-7-16(12-17)18(22)10-9-15-6-5-11-21-13-15/h4-8,11-13H,9-10,14H2,1-3H3. The third-order valence-corrected chi connectivity index (χ3v) is 3.30. The Morgan fingerprint density at radius 1 is 1.12 bits per heavy atom. The topological polar surface area (TPSA) is 65.5 Å². The lowest BCUT2D eigenvalue weighted by atomic mass is 10.0. The first-order valence-corrected chi connectivity index (χ1v) is 8.20. The number of aryl methyl sites for hydroxylation is 1. The van der Waals surface area contributed by atoms with Crippen LogP contribution in [-0.2, 0) is 16.0 Å². The smallest absolute Gasteiger partial charge is 0.344 e. The summed E-state index contributed by atoms with van der Waals surface area (Å²) in [5, 5.41) is 0. The number of hydrogen-bond acceptors (Lipinski definition) is 5. The van der Waals surface area contributed by atoms with Crippen LogP contribution in [0.5, 0.6) is 5.75 Å². The van der Waals surface area contributed by atoms with Crippen molar-refractivity contribution < 1.29 is 19.1 Å². The third kappa shape index (κ3) is 6.75. The van der Waals surface area contributed by atoms with Gasteiger partial charge in [0.2, 0.25) is 0 Å². The number of Topliss-reactive ketones (excluding diaryl/α,β-unsaturated/α-hetero) is 1. The molecule has 132 valence electrons. The molecule has 1 heterocycles. The SMILES string of the molecule is CC(C)(C)OC(=O)COc1cccc(C(=O)CCc2cccnc2)c1. The van der Waals surface area contributed by atoms with Crippen LogP contribution in [0.3, 0.4) is 0 Å². The molecule has 2 aromatic rings. The Balaban J connectivity index is 1.89. The number of pyridine rings is 1. The van der Waals surface area contributed by atoms with Crippen LogP contribution in [0.25, 0.3) is 0 Å². The summed E-state index contributed by atoms with van der Waals surface area (Å²) < 4.78 is 10.6. The van der Waals surface area contributed by atoms with Gasteiger partial charge in [0.15, 0.2) is 12.4 Å². The minimum atomic E-state index is -0.551. The second-order valence-electron chi connectivity index (χ2n) is 6.69. The van der Waals surface area contributed by atoms with Gasteiger partial charge in [-0.1, -0.05) is 18.2 Å². The van der Waals surface area contributed by atoms with Gasteiger partial charge >= 0.3 is 5.97 Å². The zero-order valence-electron chi connectivity index (χ0n) is 14.8. The summed E-state index contributed by atoms with van der Waals surface area (Å²) >= 11 is 0. The van der Waals surface area contributed by atoms with Crippen LogP contribution in [0.15, 0.2) is 48.8 Å². The number of hydrogen-bond donors (Lipinski definition) is 0. The summed E-state index contributed by atoms with van der Waals surface area (Å²) in [7, 11) is 0. The molecule has 0 aliphatic heterocycles. The summed E-state index contributed by atoms with van der Waals surface area (Å²) in [6, 6.07) is 10.6. The molecular formula is C20H23NO4. The van der Waals surface area contributed by atoms with Crippen molar-refractivity contribution in [1.82, 2.24) is 4.98 Å². The second-order valence-corrected chi connectivity index (χ2v) is 6.69. The summed E-state index contributed by atoms with van der Waals surface area (Å²) in [6.45, 7) is 5.20. The third-order valence-electron chi connectivity index (χ3n) is 3.30. The summed E-state index contributed by atoms with van der Waals surface area (Å²) in [4.78, 5) is 28.1. The molecule has 0 radical (unpaired) electrons. The first-order chi connectivity index (χ1) is 11.8. The minimum Gasteiger partial charge on any atom is -0.482 e. The summed E-state index contributed by atoms with van der Waals surface area (Å²) in [6.07, 6.45) is 4.49. The Bertz CT molecular complexity index is 720. The van der Waals surface area contributed by atoms with Gasteiger partial charge < -0.3 is 9.47 Å².